The van der Waals surface area contributed by atoms with Gasteiger partial charge in [0.05, 0.1) is 5.39 Å². The number of nitrogens with one attached hydrogen (secondary N) is 1. The molecule has 0 fully saturated rings. The zero-order chi connectivity index (χ0) is 23.4. The topological polar surface area (TPSA) is 77.8 Å². The average Bonchev–Trinajstić information content (AvgIpc) is 2.83. The first kappa shape index (κ1) is 22.4. The van der Waals surface area contributed by atoms with Crippen LogP contribution in [0.4, 0.5) is 5.69 Å². The van der Waals surface area contributed by atoms with Crippen molar-refractivity contribution in [1.82, 2.24) is 0 Å². The van der Waals surface area contributed by atoms with Crippen molar-refractivity contribution >= 4 is 34.2 Å². The molecular weight excluding hydrogens is 442 g/mol. The van der Waals surface area contributed by atoms with Crippen molar-refractivity contribution in [2.24, 2.45) is 0 Å². The molecule has 6 nitrogen and oxygen atoms in total. The third-order valence-corrected chi connectivity index (χ3v) is 5.61. The maximum atomic E-state index is 12.9. The molecule has 7 heteroatoms. The summed E-state index contributed by atoms with van der Waals surface area (Å²) >= 11 is 6.08. The van der Waals surface area contributed by atoms with E-state index in [1.807, 2.05) is 38.1 Å². The zero-order valence-corrected chi connectivity index (χ0v) is 18.9. The number of carbonyl (C=O) groups is 1. The van der Waals surface area contributed by atoms with Gasteiger partial charge in [-0.3, -0.25) is 9.59 Å². The number of benzene rings is 3. The van der Waals surface area contributed by atoms with Crippen molar-refractivity contribution in [2.45, 2.75) is 20.3 Å². The highest BCUT2D eigenvalue weighted by Gasteiger charge is 2.13. The molecule has 0 bridgehead atoms. The Balaban J connectivity index is 1.47. The monoisotopic (exact) mass is 463 g/mol. The molecule has 0 unspecified atom stereocenters. The molecule has 0 atom stereocenters. The van der Waals surface area contributed by atoms with Crippen molar-refractivity contribution < 1.29 is 18.7 Å². The molecule has 168 valence electrons. The van der Waals surface area contributed by atoms with Gasteiger partial charge in [0, 0.05) is 16.8 Å². The van der Waals surface area contributed by atoms with Crippen LogP contribution in [0.15, 0.2) is 76.1 Å². The smallest absolute Gasteiger partial charge is 0.262 e. The molecule has 0 radical (unpaired) electrons. The summed E-state index contributed by atoms with van der Waals surface area (Å²) in [5, 5.41) is 3.69. The van der Waals surface area contributed by atoms with Gasteiger partial charge >= 0.3 is 0 Å². The van der Waals surface area contributed by atoms with Crippen LogP contribution in [0.2, 0.25) is 5.02 Å². The molecule has 1 N–H and O–H groups in total. The van der Waals surface area contributed by atoms with Gasteiger partial charge in [-0.2, -0.15) is 0 Å². The molecule has 0 saturated carbocycles. The Morgan fingerprint density at radius 3 is 2.70 bits per heavy atom. The van der Waals surface area contributed by atoms with E-state index in [9.17, 15) is 9.59 Å². The number of halogens is 1. The highest BCUT2D eigenvalue weighted by atomic mass is 35.5. The van der Waals surface area contributed by atoms with Crippen molar-refractivity contribution in [3.05, 3.63) is 93.3 Å². The summed E-state index contributed by atoms with van der Waals surface area (Å²) in [6.07, 6.45) is 2.07. The number of ether oxygens (including phenoxy) is 2. The Morgan fingerprint density at radius 1 is 1.06 bits per heavy atom. The number of hydrogen-bond donors (Lipinski definition) is 1. The van der Waals surface area contributed by atoms with Crippen LogP contribution in [0.3, 0.4) is 0 Å². The van der Waals surface area contributed by atoms with Crippen molar-refractivity contribution in [1.29, 1.82) is 0 Å². The van der Waals surface area contributed by atoms with Gasteiger partial charge in [0.2, 0.25) is 11.2 Å². The van der Waals surface area contributed by atoms with Crippen LogP contribution in [-0.2, 0) is 11.2 Å². The summed E-state index contributed by atoms with van der Waals surface area (Å²) in [5.74, 6) is 0.787. The molecule has 33 heavy (non-hydrogen) atoms. The number of amides is 1. The first-order valence-corrected chi connectivity index (χ1v) is 10.8. The molecule has 1 aromatic heterocycles. The molecule has 0 spiro atoms. The van der Waals surface area contributed by atoms with Gasteiger partial charge in [-0.15, -0.1) is 0 Å². The SMILES string of the molecule is CCc1ccccc1Oc1coc2cc(OCC(=O)Nc3cccc(Cl)c3C)ccc2c1=O. The largest absolute Gasteiger partial charge is 0.484 e. The van der Waals surface area contributed by atoms with Gasteiger partial charge < -0.3 is 19.2 Å². The lowest BCUT2D eigenvalue weighted by atomic mass is 10.1. The van der Waals surface area contributed by atoms with E-state index in [-0.39, 0.29) is 23.7 Å². The number of anilines is 1. The third kappa shape index (κ3) is 5.02. The van der Waals surface area contributed by atoms with E-state index in [2.05, 4.69) is 5.32 Å². The molecule has 4 aromatic rings. The molecule has 0 saturated heterocycles. The van der Waals surface area contributed by atoms with Crippen molar-refractivity contribution in [3.63, 3.8) is 0 Å². The summed E-state index contributed by atoms with van der Waals surface area (Å²) in [6.45, 7) is 3.63. The van der Waals surface area contributed by atoms with Gasteiger partial charge in [0.25, 0.3) is 5.91 Å². The number of aryl methyl sites for hydroxylation is 1. The van der Waals surface area contributed by atoms with Gasteiger partial charge in [-0.25, -0.2) is 0 Å². The maximum Gasteiger partial charge on any atom is 0.262 e. The number of carbonyl (C=O) groups excluding carboxylic acids is 1. The van der Waals surface area contributed by atoms with Crippen LogP contribution in [0, 0.1) is 6.92 Å². The lowest BCUT2D eigenvalue weighted by molar-refractivity contribution is -0.118. The van der Waals surface area contributed by atoms with Crippen LogP contribution in [-0.4, -0.2) is 12.5 Å². The molecule has 0 aliphatic rings. The second-order valence-electron chi connectivity index (χ2n) is 7.40. The average molecular weight is 464 g/mol. The quantitative estimate of drug-likeness (QED) is 0.357. The summed E-state index contributed by atoms with van der Waals surface area (Å²) in [4.78, 5) is 25.1. The Labute approximate surface area is 195 Å². The summed E-state index contributed by atoms with van der Waals surface area (Å²) in [6, 6.07) is 17.6. The minimum Gasteiger partial charge on any atom is -0.484 e. The predicted molar refractivity (Wildman–Crippen MR) is 129 cm³/mol. The summed E-state index contributed by atoms with van der Waals surface area (Å²) in [7, 11) is 0. The van der Waals surface area contributed by atoms with Crippen LogP contribution < -0.4 is 20.2 Å². The van der Waals surface area contributed by atoms with E-state index in [1.165, 1.54) is 6.26 Å². The Bertz CT molecular complexity index is 1380. The Morgan fingerprint density at radius 2 is 1.88 bits per heavy atom. The minimum atomic E-state index is -0.333. The van der Waals surface area contributed by atoms with E-state index < -0.39 is 0 Å². The molecule has 0 aliphatic heterocycles. The van der Waals surface area contributed by atoms with E-state index >= 15 is 0 Å². The van der Waals surface area contributed by atoms with Gasteiger partial charge in [-0.05, 0) is 54.8 Å². The molecule has 1 amide bonds. The third-order valence-electron chi connectivity index (χ3n) is 5.20. The Kier molecular flexibility index (Phi) is 6.66. The number of para-hydroxylation sites is 1. The second-order valence-corrected chi connectivity index (χ2v) is 7.81. The van der Waals surface area contributed by atoms with Gasteiger partial charge in [0.1, 0.15) is 23.3 Å². The standard InChI is InChI=1S/C26H22ClNO5/c1-3-17-7-4-5-10-22(17)33-24-14-32-23-13-18(11-12-19(23)26(24)30)31-15-25(29)28-21-9-6-8-20(27)16(21)2/h4-14H,3,15H2,1-2H3,(H,28,29). The van der Waals surface area contributed by atoms with E-state index in [1.54, 1.807) is 36.4 Å². The van der Waals surface area contributed by atoms with Crippen molar-refractivity contribution in [2.75, 3.05) is 11.9 Å². The number of hydrogen-bond acceptors (Lipinski definition) is 5. The fourth-order valence-corrected chi connectivity index (χ4v) is 3.52. The second kappa shape index (κ2) is 9.79. The van der Waals surface area contributed by atoms with Crippen LogP contribution in [0.1, 0.15) is 18.1 Å². The first-order valence-electron chi connectivity index (χ1n) is 10.5. The molecular formula is C26H22ClNO5. The van der Waals surface area contributed by atoms with Gasteiger partial charge in [-0.1, -0.05) is 42.8 Å². The molecule has 0 aliphatic carbocycles. The number of fused-ring (bicyclic) bond motifs is 1. The van der Waals surface area contributed by atoms with Crippen LogP contribution in [0.5, 0.6) is 17.2 Å². The molecule has 4 rings (SSSR count). The van der Waals surface area contributed by atoms with Crippen molar-refractivity contribution in [3.8, 4) is 17.2 Å². The van der Waals surface area contributed by atoms with E-state index in [0.717, 1.165) is 17.5 Å². The van der Waals surface area contributed by atoms with E-state index in [0.29, 0.717) is 33.2 Å². The fraction of sp³-hybridized carbons (Fsp3) is 0.154. The summed E-state index contributed by atoms with van der Waals surface area (Å²) < 4.78 is 17.0. The molecule has 1 heterocycles. The fourth-order valence-electron chi connectivity index (χ4n) is 3.34. The summed E-state index contributed by atoms with van der Waals surface area (Å²) in [5.41, 5.74) is 2.44. The zero-order valence-electron chi connectivity index (χ0n) is 18.2. The maximum absolute atomic E-state index is 12.9. The predicted octanol–water partition coefficient (Wildman–Crippen LogP) is 6.13. The van der Waals surface area contributed by atoms with Crippen LogP contribution in [0.25, 0.3) is 11.0 Å². The first-order chi connectivity index (χ1) is 16.0. The number of rotatable bonds is 7. The van der Waals surface area contributed by atoms with E-state index in [4.69, 9.17) is 25.5 Å². The Hall–Kier alpha value is -3.77. The highest BCUT2D eigenvalue weighted by molar-refractivity contribution is 6.31. The minimum absolute atomic E-state index is 0.105. The molecule has 3 aromatic carbocycles. The van der Waals surface area contributed by atoms with Gasteiger partial charge in [0.15, 0.2) is 6.61 Å². The van der Waals surface area contributed by atoms with Crippen LogP contribution >= 0.6 is 11.6 Å². The highest BCUT2D eigenvalue weighted by Crippen LogP contribution is 2.27. The lowest BCUT2D eigenvalue weighted by Crippen LogP contribution is -2.20. The lowest BCUT2D eigenvalue weighted by Gasteiger charge is -2.11. The normalized spacial score (nSPS) is 10.8.